The van der Waals surface area contributed by atoms with E-state index in [1.54, 1.807) is 18.3 Å². The highest BCUT2D eigenvalue weighted by molar-refractivity contribution is 6.05. The lowest BCUT2D eigenvalue weighted by molar-refractivity contribution is 0.0603. The van der Waals surface area contributed by atoms with Gasteiger partial charge in [-0.25, -0.2) is 4.79 Å². The summed E-state index contributed by atoms with van der Waals surface area (Å²) in [5.74, 6) is 0.362. The van der Waals surface area contributed by atoms with E-state index in [0.717, 1.165) is 16.5 Å². The fourth-order valence-electron chi connectivity index (χ4n) is 2.27. The molecule has 1 N–H and O–H groups in total. The van der Waals surface area contributed by atoms with Crippen LogP contribution in [0.5, 0.6) is 5.75 Å². The highest BCUT2D eigenvalue weighted by Gasteiger charge is 2.14. The van der Waals surface area contributed by atoms with Crippen LogP contribution in [0.1, 0.15) is 15.9 Å². The van der Waals surface area contributed by atoms with Crippen molar-refractivity contribution in [2.45, 2.75) is 6.61 Å². The Hall–Kier alpha value is -2.75. The zero-order chi connectivity index (χ0) is 14.7. The first-order valence-corrected chi connectivity index (χ1v) is 6.64. The van der Waals surface area contributed by atoms with Crippen LogP contribution in [0.2, 0.25) is 0 Å². The molecule has 0 bridgehead atoms. The van der Waals surface area contributed by atoms with Crippen molar-refractivity contribution in [3.63, 3.8) is 0 Å². The van der Waals surface area contributed by atoms with Gasteiger partial charge in [-0.3, -0.25) is 0 Å². The number of H-pyrrole nitrogens is 1. The molecule has 2 aromatic carbocycles. The van der Waals surface area contributed by atoms with Gasteiger partial charge in [0.2, 0.25) is 0 Å². The maximum atomic E-state index is 11.7. The molecule has 106 valence electrons. The van der Waals surface area contributed by atoms with Gasteiger partial charge in [-0.2, -0.15) is 0 Å². The third-order valence-electron chi connectivity index (χ3n) is 3.33. The summed E-state index contributed by atoms with van der Waals surface area (Å²) in [6.07, 6.45) is 1.78. The van der Waals surface area contributed by atoms with Crippen LogP contribution < -0.4 is 4.74 Å². The molecular weight excluding hydrogens is 266 g/mol. The average molecular weight is 281 g/mol. The summed E-state index contributed by atoms with van der Waals surface area (Å²) in [5.41, 5.74) is 2.42. The van der Waals surface area contributed by atoms with Crippen molar-refractivity contribution < 1.29 is 14.3 Å². The van der Waals surface area contributed by atoms with Crippen molar-refractivity contribution in [1.82, 2.24) is 4.98 Å². The Balaban J connectivity index is 1.90. The molecule has 0 unspecified atom stereocenters. The minimum absolute atomic E-state index is 0.353. The van der Waals surface area contributed by atoms with Crippen molar-refractivity contribution in [2.75, 3.05) is 7.11 Å². The van der Waals surface area contributed by atoms with Gasteiger partial charge in [0, 0.05) is 11.6 Å². The fraction of sp³-hybridized carbons (Fsp3) is 0.118. The third kappa shape index (κ3) is 2.60. The number of hydrogen-bond acceptors (Lipinski definition) is 3. The van der Waals surface area contributed by atoms with Crippen molar-refractivity contribution in [1.29, 1.82) is 0 Å². The SMILES string of the molecule is COC(=O)c1ccc(OCc2ccccc2)c2[nH]ccc12. The van der Waals surface area contributed by atoms with E-state index in [2.05, 4.69) is 4.98 Å². The van der Waals surface area contributed by atoms with Crippen LogP contribution in [-0.2, 0) is 11.3 Å². The average Bonchev–Trinajstić information content (AvgIpc) is 3.02. The van der Waals surface area contributed by atoms with E-state index in [-0.39, 0.29) is 5.97 Å². The Morgan fingerprint density at radius 2 is 1.90 bits per heavy atom. The molecule has 0 aliphatic heterocycles. The largest absolute Gasteiger partial charge is 0.487 e. The Labute approximate surface area is 122 Å². The maximum absolute atomic E-state index is 11.7. The maximum Gasteiger partial charge on any atom is 0.338 e. The Bertz CT molecular complexity index is 762. The third-order valence-corrected chi connectivity index (χ3v) is 3.33. The number of aromatic nitrogens is 1. The highest BCUT2D eigenvalue weighted by atomic mass is 16.5. The molecule has 0 atom stereocenters. The van der Waals surface area contributed by atoms with Crippen molar-refractivity contribution in [2.24, 2.45) is 0 Å². The number of benzene rings is 2. The molecule has 0 spiro atoms. The second kappa shape index (κ2) is 5.71. The molecule has 0 aliphatic carbocycles. The molecule has 0 radical (unpaired) electrons. The number of methoxy groups -OCH3 is 1. The number of hydrogen-bond donors (Lipinski definition) is 1. The molecule has 21 heavy (non-hydrogen) atoms. The lowest BCUT2D eigenvalue weighted by Crippen LogP contribution is -2.02. The normalized spacial score (nSPS) is 10.5. The summed E-state index contributed by atoms with van der Waals surface area (Å²) in [6, 6.07) is 15.3. The molecule has 0 fully saturated rings. The van der Waals surface area contributed by atoms with Crippen LogP contribution in [0.25, 0.3) is 10.9 Å². The Morgan fingerprint density at radius 3 is 2.67 bits per heavy atom. The van der Waals surface area contributed by atoms with E-state index in [0.29, 0.717) is 17.9 Å². The van der Waals surface area contributed by atoms with Crippen LogP contribution >= 0.6 is 0 Å². The topological polar surface area (TPSA) is 51.3 Å². The molecule has 1 heterocycles. The highest BCUT2D eigenvalue weighted by Crippen LogP contribution is 2.28. The van der Waals surface area contributed by atoms with Crippen LogP contribution in [0.4, 0.5) is 0 Å². The van der Waals surface area contributed by atoms with Gasteiger partial charge in [-0.1, -0.05) is 30.3 Å². The minimum Gasteiger partial charge on any atom is -0.487 e. The first kappa shape index (κ1) is 13.2. The molecule has 0 saturated carbocycles. The van der Waals surface area contributed by atoms with E-state index in [1.807, 2.05) is 36.4 Å². The second-order valence-electron chi connectivity index (χ2n) is 4.64. The number of nitrogens with one attached hydrogen (secondary N) is 1. The van der Waals surface area contributed by atoms with E-state index >= 15 is 0 Å². The number of esters is 1. The van der Waals surface area contributed by atoms with Crippen molar-refractivity contribution in [3.8, 4) is 5.75 Å². The number of aromatic amines is 1. The predicted molar refractivity (Wildman–Crippen MR) is 80.4 cm³/mol. The van der Waals surface area contributed by atoms with Gasteiger partial charge in [0.15, 0.2) is 0 Å². The standard InChI is InChI=1S/C17H15NO3/c1-20-17(19)14-7-8-15(16-13(14)9-10-18-16)21-11-12-5-3-2-4-6-12/h2-10,18H,11H2,1H3. The molecule has 4 nitrogen and oxygen atoms in total. The first-order chi connectivity index (χ1) is 10.3. The van der Waals surface area contributed by atoms with Gasteiger partial charge < -0.3 is 14.5 Å². The number of ether oxygens (including phenoxy) is 2. The summed E-state index contributed by atoms with van der Waals surface area (Å²) in [5, 5.41) is 0.799. The molecule has 4 heteroatoms. The molecule has 0 amide bonds. The first-order valence-electron chi connectivity index (χ1n) is 6.64. The van der Waals surface area contributed by atoms with Crippen LogP contribution in [0, 0.1) is 0 Å². The molecule has 3 aromatic rings. The van der Waals surface area contributed by atoms with Crippen molar-refractivity contribution >= 4 is 16.9 Å². The van der Waals surface area contributed by atoms with Gasteiger partial charge >= 0.3 is 5.97 Å². The molecule has 0 saturated heterocycles. The number of fused-ring (bicyclic) bond motifs is 1. The quantitative estimate of drug-likeness (QED) is 0.744. The summed E-state index contributed by atoms with van der Waals surface area (Å²) in [4.78, 5) is 14.9. The van der Waals surface area contributed by atoms with E-state index < -0.39 is 0 Å². The molecule has 0 aliphatic rings. The minimum atomic E-state index is -0.353. The fourth-order valence-corrected chi connectivity index (χ4v) is 2.27. The summed E-state index contributed by atoms with van der Waals surface area (Å²) in [6.45, 7) is 0.479. The Kier molecular flexibility index (Phi) is 3.60. The predicted octanol–water partition coefficient (Wildman–Crippen LogP) is 3.53. The number of carbonyl (C=O) groups excluding carboxylic acids is 1. The lowest BCUT2D eigenvalue weighted by atomic mass is 10.1. The van der Waals surface area contributed by atoms with Gasteiger partial charge in [-0.05, 0) is 23.8 Å². The van der Waals surface area contributed by atoms with Crippen molar-refractivity contribution in [3.05, 3.63) is 65.9 Å². The molecular formula is C17H15NO3. The lowest BCUT2D eigenvalue weighted by Gasteiger charge is -2.09. The van der Waals surface area contributed by atoms with E-state index in [4.69, 9.17) is 9.47 Å². The van der Waals surface area contributed by atoms with Crippen LogP contribution in [0.15, 0.2) is 54.7 Å². The Morgan fingerprint density at radius 1 is 1.10 bits per heavy atom. The number of carbonyl (C=O) groups is 1. The molecule has 1 aromatic heterocycles. The van der Waals surface area contributed by atoms with E-state index in [9.17, 15) is 4.79 Å². The molecule has 3 rings (SSSR count). The summed E-state index contributed by atoms with van der Waals surface area (Å²) in [7, 11) is 1.38. The smallest absolute Gasteiger partial charge is 0.338 e. The monoisotopic (exact) mass is 281 g/mol. The van der Waals surface area contributed by atoms with Gasteiger partial charge in [-0.15, -0.1) is 0 Å². The zero-order valence-corrected chi connectivity index (χ0v) is 11.6. The van der Waals surface area contributed by atoms with Gasteiger partial charge in [0.05, 0.1) is 18.2 Å². The number of rotatable bonds is 4. The second-order valence-corrected chi connectivity index (χ2v) is 4.64. The van der Waals surface area contributed by atoms with E-state index in [1.165, 1.54) is 7.11 Å². The summed E-state index contributed by atoms with van der Waals surface area (Å²) < 4.78 is 10.6. The zero-order valence-electron chi connectivity index (χ0n) is 11.6. The van der Waals surface area contributed by atoms with Crippen LogP contribution in [0.3, 0.4) is 0 Å². The van der Waals surface area contributed by atoms with Gasteiger partial charge in [0.25, 0.3) is 0 Å². The van der Waals surface area contributed by atoms with Crippen LogP contribution in [-0.4, -0.2) is 18.1 Å². The van der Waals surface area contributed by atoms with Gasteiger partial charge in [0.1, 0.15) is 12.4 Å². The summed E-state index contributed by atoms with van der Waals surface area (Å²) >= 11 is 0.